The molecule has 0 aromatic heterocycles. The first-order valence-corrected chi connectivity index (χ1v) is 9.51. The number of para-hydroxylation sites is 1. The lowest BCUT2D eigenvalue weighted by Crippen LogP contribution is -2.33. The Labute approximate surface area is 156 Å². The Morgan fingerprint density at radius 1 is 1.08 bits per heavy atom. The molecule has 1 amide bonds. The van der Waals surface area contributed by atoms with Gasteiger partial charge in [0, 0.05) is 30.2 Å². The lowest BCUT2D eigenvalue weighted by atomic mass is 9.99. The first-order valence-electron chi connectivity index (χ1n) is 9.51. The molecule has 1 heterocycles. The first-order chi connectivity index (χ1) is 12.5. The summed E-state index contributed by atoms with van der Waals surface area (Å²) in [5.41, 5.74) is 4.15. The predicted molar refractivity (Wildman–Crippen MR) is 110 cm³/mol. The van der Waals surface area contributed by atoms with E-state index in [0.717, 1.165) is 35.9 Å². The van der Waals surface area contributed by atoms with Crippen molar-refractivity contribution in [2.24, 2.45) is 5.92 Å². The van der Waals surface area contributed by atoms with E-state index in [2.05, 4.69) is 46.7 Å². The zero-order valence-electron chi connectivity index (χ0n) is 16.0. The second kappa shape index (κ2) is 8.26. The quantitative estimate of drug-likeness (QED) is 0.823. The molecule has 0 aliphatic carbocycles. The Hall–Kier alpha value is -2.49. The lowest BCUT2D eigenvalue weighted by molar-refractivity contribution is -0.116. The van der Waals surface area contributed by atoms with Crippen LogP contribution in [0.1, 0.15) is 32.3 Å². The molecule has 4 heteroatoms. The summed E-state index contributed by atoms with van der Waals surface area (Å²) < 4.78 is 0. The Bertz CT molecular complexity index is 733. The van der Waals surface area contributed by atoms with E-state index >= 15 is 0 Å². The number of carbonyl (C=O) groups excluding carboxylic acids is 1. The predicted octanol–water partition coefficient (Wildman–Crippen LogP) is 4.67. The molecule has 1 aliphatic heterocycles. The van der Waals surface area contributed by atoms with E-state index < -0.39 is 0 Å². The summed E-state index contributed by atoms with van der Waals surface area (Å²) in [5.74, 6) is 0.799. The average molecular weight is 351 g/mol. The maximum atomic E-state index is 12.4. The van der Waals surface area contributed by atoms with Crippen molar-refractivity contribution in [1.82, 2.24) is 0 Å². The molecule has 2 N–H and O–H groups in total. The minimum absolute atomic E-state index is 0.0339. The van der Waals surface area contributed by atoms with Gasteiger partial charge in [0.25, 0.3) is 0 Å². The third kappa shape index (κ3) is 4.57. The summed E-state index contributed by atoms with van der Waals surface area (Å²) in [7, 11) is 0. The van der Waals surface area contributed by atoms with Crippen LogP contribution < -0.4 is 15.5 Å². The van der Waals surface area contributed by atoms with E-state index in [1.54, 1.807) is 0 Å². The van der Waals surface area contributed by atoms with Crippen LogP contribution >= 0.6 is 0 Å². The molecule has 0 unspecified atom stereocenters. The molecule has 1 saturated heterocycles. The summed E-state index contributed by atoms with van der Waals surface area (Å²) in [6, 6.07) is 15.9. The van der Waals surface area contributed by atoms with Gasteiger partial charge in [-0.15, -0.1) is 0 Å². The minimum atomic E-state index is -0.309. The fourth-order valence-corrected chi connectivity index (χ4v) is 3.30. The van der Waals surface area contributed by atoms with Crippen LogP contribution in [0, 0.1) is 12.8 Å². The zero-order valence-corrected chi connectivity index (χ0v) is 16.0. The summed E-state index contributed by atoms with van der Waals surface area (Å²) in [4.78, 5) is 14.9. The van der Waals surface area contributed by atoms with Crippen LogP contribution in [-0.4, -0.2) is 25.0 Å². The molecule has 26 heavy (non-hydrogen) atoms. The molecule has 0 saturated carbocycles. The van der Waals surface area contributed by atoms with Gasteiger partial charge in [0.2, 0.25) is 5.91 Å². The first kappa shape index (κ1) is 18.3. The van der Waals surface area contributed by atoms with Crippen LogP contribution in [0.15, 0.2) is 48.5 Å². The average Bonchev–Trinajstić information content (AvgIpc) is 2.65. The summed E-state index contributed by atoms with van der Waals surface area (Å²) in [5, 5.41) is 6.28. The number of anilines is 3. The number of aryl methyl sites for hydroxylation is 1. The van der Waals surface area contributed by atoms with E-state index in [-0.39, 0.29) is 11.9 Å². The Kier molecular flexibility index (Phi) is 5.82. The molecule has 1 atom stereocenters. The van der Waals surface area contributed by atoms with Crippen LogP contribution in [0.5, 0.6) is 0 Å². The van der Waals surface area contributed by atoms with Gasteiger partial charge in [0.05, 0.1) is 0 Å². The highest BCUT2D eigenvalue weighted by Crippen LogP contribution is 2.24. The molecule has 0 radical (unpaired) electrons. The van der Waals surface area contributed by atoms with Gasteiger partial charge in [-0.05, 0) is 68.5 Å². The van der Waals surface area contributed by atoms with Gasteiger partial charge in [-0.25, -0.2) is 0 Å². The molecular weight excluding hydrogens is 322 g/mol. The Morgan fingerprint density at radius 3 is 2.38 bits per heavy atom. The van der Waals surface area contributed by atoms with Crippen molar-refractivity contribution in [1.29, 1.82) is 0 Å². The van der Waals surface area contributed by atoms with Crippen LogP contribution in [-0.2, 0) is 4.79 Å². The third-order valence-electron chi connectivity index (χ3n) is 5.20. The van der Waals surface area contributed by atoms with Gasteiger partial charge < -0.3 is 15.5 Å². The normalized spacial score (nSPS) is 16.2. The second-order valence-electron chi connectivity index (χ2n) is 7.39. The van der Waals surface area contributed by atoms with Crippen molar-refractivity contribution in [3.63, 3.8) is 0 Å². The second-order valence-corrected chi connectivity index (χ2v) is 7.39. The van der Waals surface area contributed by atoms with Gasteiger partial charge >= 0.3 is 0 Å². The summed E-state index contributed by atoms with van der Waals surface area (Å²) in [6.45, 7) is 8.46. The highest BCUT2D eigenvalue weighted by atomic mass is 16.2. The molecule has 0 bridgehead atoms. The van der Waals surface area contributed by atoms with Crippen molar-refractivity contribution in [2.45, 2.75) is 39.7 Å². The molecule has 3 rings (SSSR count). The van der Waals surface area contributed by atoms with Crippen molar-refractivity contribution in [3.05, 3.63) is 54.1 Å². The maximum Gasteiger partial charge on any atom is 0.246 e. The summed E-state index contributed by atoms with van der Waals surface area (Å²) >= 11 is 0. The number of amides is 1. The number of benzene rings is 2. The lowest BCUT2D eigenvalue weighted by Gasteiger charge is -2.32. The smallest absolute Gasteiger partial charge is 0.246 e. The van der Waals surface area contributed by atoms with Gasteiger partial charge in [-0.3, -0.25) is 4.79 Å². The Morgan fingerprint density at radius 2 is 1.73 bits per heavy atom. The van der Waals surface area contributed by atoms with Gasteiger partial charge in [-0.2, -0.15) is 0 Å². The van der Waals surface area contributed by atoms with Crippen LogP contribution in [0.25, 0.3) is 0 Å². The molecule has 0 spiro atoms. The fourth-order valence-electron chi connectivity index (χ4n) is 3.30. The molecule has 4 nitrogen and oxygen atoms in total. The van der Waals surface area contributed by atoms with Gasteiger partial charge in [0.1, 0.15) is 6.04 Å². The largest absolute Gasteiger partial charge is 0.374 e. The number of carbonyl (C=O) groups is 1. The van der Waals surface area contributed by atoms with Crippen LogP contribution in [0.4, 0.5) is 17.1 Å². The van der Waals surface area contributed by atoms with Crippen molar-refractivity contribution in [3.8, 4) is 0 Å². The number of rotatable bonds is 5. The molecule has 2 aromatic carbocycles. The van der Waals surface area contributed by atoms with E-state index in [9.17, 15) is 4.79 Å². The SMILES string of the molecule is Cc1ccccc1NC(=O)[C@@H](C)Nc1ccc(N2CCC(C)CC2)cc1. The maximum absolute atomic E-state index is 12.4. The zero-order chi connectivity index (χ0) is 18.5. The number of nitrogens with zero attached hydrogens (tertiary/aromatic N) is 1. The van der Waals surface area contributed by atoms with Crippen LogP contribution in [0.2, 0.25) is 0 Å². The number of piperidine rings is 1. The third-order valence-corrected chi connectivity index (χ3v) is 5.20. The number of nitrogens with one attached hydrogen (secondary N) is 2. The fraction of sp³-hybridized carbons (Fsp3) is 0.409. The monoisotopic (exact) mass is 351 g/mol. The van der Waals surface area contributed by atoms with Crippen molar-refractivity contribution >= 4 is 23.0 Å². The number of hydrogen-bond donors (Lipinski definition) is 2. The highest BCUT2D eigenvalue weighted by molar-refractivity contribution is 5.96. The van der Waals surface area contributed by atoms with E-state index in [1.165, 1.54) is 18.5 Å². The van der Waals surface area contributed by atoms with Crippen molar-refractivity contribution in [2.75, 3.05) is 28.6 Å². The van der Waals surface area contributed by atoms with E-state index in [4.69, 9.17) is 0 Å². The highest BCUT2D eigenvalue weighted by Gasteiger charge is 2.17. The van der Waals surface area contributed by atoms with Gasteiger partial charge in [0.15, 0.2) is 0 Å². The molecule has 1 aliphatic rings. The molecule has 138 valence electrons. The van der Waals surface area contributed by atoms with E-state index in [1.807, 2.05) is 38.1 Å². The molecular formula is C22H29N3O. The molecule has 2 aromatic rings. The van der Waals surface area contributed by atoms with Crippen molar-refractivity contribution < 1.29 is 4.79 Å². The van der Waals surface area contributed by atoms with Gasteiger partial charge in [-0.1, -0.05) is 25.1 Å². The minimum Gasteiger partial charge on any atom is -0.374 e. The standard InChI is InChI=1S/C22H29N3O/c1-16-12-14-25(15-13-16)20-10-8-19(9-11-20)23-18(3)22(26)24-21-7-5-4-6-17(21)2/h4-11,16,18,23H,12-15H2,1-3H3,(H,24,26)/t18-/m1/s1. The topological polar surface area (TPSA) is 44.4 Å². The van der Waals surface area contributed by atoms with Crippen LogP contribution in [0.3, 0.4) is 0 Å². The van der Waals surface area contributed by atoms with E-state index in [0.29, 0.717) is 0 Å². The Balaban J connectivity index is 1.56. The molecule has 1 fully saturated rings. The number of hydrogen-bond acceptors (Lipinski definition) is 3. The summed E-state index contributed by atoms with van der Waals surface area (Å²) in [6.07, 6.45) is 2.52.